The van der Waals surface area contributed by atoms with E-state index in [-0.39, 0.29) is 0 Å². The van der Waals surface area contributed by atoms with Gasteiger partial charge in [-0.3, -0.25) is 0 Å². The van der Waals surface area contributed by atoms with Crippen molar-refractivity contribution in [2.24, 2.45) is 5.41 Å². The van der Waals surface area contributed by atoms with Crippen molar-refractivity contribution in [3.63, 3.8) is 0 Å². The molecule has 3 heteroatoms. The highest BCUT2D eigenvalue weighted by Crippen LogP contribution is 2.40. The minimum absolute atomic E-state index is 0.378. The topological polar surface area (TPSA) is 58.3 Å². The molecule has 0 bridgehead atoms. The van der Waals surface area contributed by atoms with Crippen LogP contribution in [-0.2, 0) is 0 Å². The number of rotatable bonds is 3. The predicted octanol–water partition coefficient (Wildman–Crippen LogP) is 3.32. The van der Waals surface area contributed by atoms with Crippen LogP contribution in [0.1, 0.15) is 45.1 Å². The second-order valence-electron chi connectivity index (χ2n) is 6.82. The van der Waals surface area contributed by atoms with Crippen molar-refractivity contribution in [2.75, 3.05) is 17.6 Å². The molecule has 0 atom stereocenters. The summed E-state index contributed by atoms with van der Waals surface area (Å²) in [6.07, 6.45) is 3.93. The van der Waals surface area contributed by atoms with Crippen LogP contribution in [-0.4, -0.2) is 17.3 Å². The number of nitrogen functional groups attached to an aromatic ring is 1. The Morgan fingerprint density at radius 1 is 1.21 bits per heavy atom. The highest BCUT2D eigenvalue weighted by Gasteiger charge is 2.36. The van der Waals surface area contributed by atoms with E-state index in [2.05, 4.69) is 19.2 Å². The molecule has 0 aromatic heterocycles. The summed E-state index contributed by atoms with van der Waals surface area (Å²) < 4.78 is 0. The zero-order valence-corrected chi connectivity index (χ0v) is 12.3. The third-order valence-electron chi connectivity index (χ3n) is 4.39. The Hall–Kier alpha value is -1.22. The summed E-state index contributed by atoms with van der Waals surface area (Å²) in [4.78, 5) is 0. The molecule has 106 valence electrons. The average molecular weight is 262 g/mol. The summed E-state index contributed by atoms with van der Waals surface area (Å²) in [5.41, 5.74) is 8.52. The van der Waals surface area contributed by atoms with E-state index in [4.69, 9.17) is 5.73 Å². The highest BCUT2D eigenvalue weighted by molar-refractivity contribution is 5.57. The van der Waals surface area contributed by atoms with E-state index in [1.807, 2.05) is 25.1 Å². The zero-order valence-electron chi connectivity index (χ0n) is 12.3. The largest absolute Gasteiger partial charge is 0.399 e. The average Bonchev–Trinajstić information content (AvgIpc) is 2.33. The third-order valence-corrected chi connectivity index (χ3v) is 4.39. The molecule has 0 heterocycles. The quantitative estimate of drug-likeness (QED) is 0.732. The van der Waals surface area contributed by atoms with Gasteiger partial charge in [0, 0.05) is 17.9 Å². The van der Waals surface area contributed by atoms with E-state index >= 15 is 0 Å². The SMILES string of the molecule is Cc1cc(N)ccc1NCC1(O)CCC(C)(C)CC1. The Morgan fingerprint density at radius 2 is 1.84 bits per heavy atom. The maximum absolute atomic E-state index is 10.6. The molecule has 1 fully saturated rings. The van der Waals surface area contributed by atoms with Gasteiger partial charge in [-0.1, -0.05) is 13.8 Å². The lowest BCUT2D eigenvalue weighted by atomic mass is 9.71. The van der Waals surface area contributed by atoms with Gasteiger partial charge in [0.1, 0.15) is 0 Å². The number of anilines is 2. The molecular weight excluding hydrogens is 236 g/mol. The molecule has 1 aromatic carbocycles. The normalized spacial score (nSPS) is 21.1. The lowest BCUT2D eigenvalue weighted by molar-refractivity contribution is -0.0145. The fraction of sp³-hybridized carbons (Fsp3) is 0.625. The van der Waals surface area contributed by atoms with Crippen molar-refractivity contribution in [1.82, 2.24) is 0 Å². The van der Waals surface area contributed by atoms with Crippen LogP contribution in [0.3, 0.4) is 0 Å². The van der Waals surface area contributed by atoms with Crippen molar-refractivity contribution < 1.29 is 5.11 Å². The van der Waals surface area contributed by atoms with Crippen LogP contribution in [0.25, 0.3) is 0 Å². The molecule has 1 aromatic rings. The minimum Gasteiger partial charge on any atom is -0.399 e. The van der Waals surface area contributed by atoms with E-state index in [1.54, 1.807) is 0 Å². The summed E-state index contributed by atoms with van der Waals surface area (Å²) in [5.74, 6) is 0. The number of hydrogen-bond donors (Lipinski definition) is 3. The standard InChI is InChI=1S/C16H26N2O/c1-12-10-13(17)4-5-14(12)18-11-16(19)8-6-15(2,3)7-9-16/h4-5,10,18-19H,6-9,11,17H2,1-3H3. The van der Waals surface area contributed by atoms with Gasteiger partial charge in [0.25, 0.3) is 0 Å². The Balaban J connectivity index is 1.95. The van der Waals surface area contributed by atoms with Gasteiger partial charge >= 0.3 is 0 Å². The molecular formula is C16H26N2O. The van der Waals surface area contributed by atoms with E-state index in [0.29, 0.717) is 12.0 Å². The first kappa shape index (κ1) is 14.2. The van der Waals surface area contributed by atoms with Gasteiger partial charge in [-0.15, -0.1) is 0 Å². The fourth-order valence-corrected chi connectivity index (χ4v) is 2.71. The van der Waals surface area contributed by atoms with Gasteiger partial charge < -0.3 is 16.2 Å². The summed E-state index contributed by atoms with van der Waals surface area (Å²) in [5, 5.41) is 14.0. The van der Waals surface area contributed by atoms with Crippen LogP contribution in [0.5, 0.6) is 0 Å². The van der Waals surface area contributed by atoms with Crippen LogP contribution in [0.15, 0.2) is 18.2 Å². The van der Waals surface area contributed by atoms with E-state index in [1.165, 1.54) is 0 Å². The fourth-order valence-electron chi connectivity index (χ4n) is 2.71. The van der Waals surface area contributed by atoms with Crippen molar-refractivity contribution in [1.29, 1.82) is 0 Å². The van der Waals surface area contributed by atoms with Gasteiger partial charge in [0.2, 0.25) is 0 Å². The monoisotopic (exact) mass is 262 g/mol. The minimum atomic E-state index is -0.566. The van der Waals surface area contributed by atoms with Crippen molar-refractivity contribution >= 4 is 11.4 Å². The lowest BCUT2D eigenvalue weighted by Crippen LogP contribution is -2.42. The molecule has 1 saturated carbocycles. The summed E-state index contributed by atoms with van der Waals surface area (Å²) in [6.45, 7) is 7.22. The first-order valence-electron chi connectivity index (χ1n) is 7.12. The Labute approximate surface area is 116 Å². The molecule has 4 N–H and O–H groups in total. The van der Waals surface area contributed by atoms with E-state index in [0.717, 1.165) is 42.6 Å². The second kappa shape index (κ2) is 5.04. The second-order valence-corrected chi connectivity index (χ2v) is 6.82. The van der Waals surface area contributed by atoms with Gasteiger partial charge in [0.05, 0.1) is 5.60 Å². The van der Waals surface area contributed by atoms with Crippen molar-refractivity contribution in [3.8, 4) is 0 Å². The number of nitrogens with two attached hydrogens (primary N) is 1. The van der Waals surface area contributed by atoms with E-state index in [9.17, 15) is 5.11 Å². The predicted molar refractivity (Wildman–Crippen MR) is 81.3 cm³/mol. The molecule has 0 saturated heterocycles. The van der Waals surface area contributed by atoms with Crippen molar-refractivity contribution in [3.05, 3.63) is 23.8 Å². The van der Waals surface area contributed by atoms with Gasteiger partial charge in [0.15, 0.2) is 0 Å². The molecule has 2 rings (SSSR count). The molecule has 0 unspecified atom stereocenters. The van der Waals surface area contributed by atoms with E-state index < -0.39 is 5.60 Å². The summed E-state index contributed by atoms with van der Waals surface area (Å²) in [7, 11) is 0. The smallest absolute Gasteiger partial charge is 0.0819 e. The van der Waals surface area contributed by atoms with Gasteiger partial charge in [-0.05, 0) is 61.8 Å². The third kappa shape index (κ3) is 3.63. The number of hydrogen-bond acceptors (Lipinski definition) is 3. The molecule has 0 spiro atoms. The number of aryl methyl sites for hydroxylation is 1. The molecule has 19 heavy (non-hydrogen) atoms. The van der Waals surface area contributed by atoms with Crippen LogP contribution in [0, 0.1) is 12.3 Å². The number of nitrogens with one attached hydrogen (secondary N) is 1. The van der Waals surface area contributed by atoms with Gasteiger partial charge in [-0.25, -0.2) is 0 Å². The molecule has 0 aliphatic heterocycles. The lowest BCUT2D eigenvalue weighted by Gasteiger charge is -2.40. The summed E-state index contributed by atoms with van der Waals surface area (Å²) >= 11 is 0. The van der Waals surface area contributed by atoms with Crippen LogP contribution in [0.2, 0.25) is 0 Å². The number of aliphatic hydroxyl groups is 1. The summed E-state index contributed by atoms with van der Waals surface area (Å²) in [6, 6.07) is 5.83. The van der Waals surface area contributed by atoms with Crippen LogP contribution in [0.4, 0.5) is 11.4 Å². The molecule has 0 amide bonds. The Morgan fingerprint density at radius 3 is 2.42 bits per heavy atom. The first-order valence-corrected chi connectivity index (χ1v) is 7.12. The first-order chi connectivity index (χ1) is 8.80. The highest BCUT2D eigenvalue weighted by atomic mass is 16.3. The van der Waals surface area contributed by atoms with Crippen LogP contribution >= 0.6 is 0 Å². The van der Waals surface area contributed by atoms with Crippen molar-refractivity contribution in [2.45, 2.75) is 52.1 Å². The Bertz CT molecular complexity index is 444. The Kier molecular flexibility index (Phi) is 3.77. The molecule has 0 radical (unpaired) electrons. The maximum atomic E-state index is 10.6. The number of benzene rings is 1. The maximum Gasteiger partial charge on any atom is 0.0819 e. The van der Waals surface area contributed by atoms with Gasteiger partial charge in [-0.2, -0.15) is 0 Å². The molecule has 3 nitrogen and oxygen atoms in total. The molecule has 1 aliphatic carbocycles. The molecule has 1 aliphatic rings. The van der Waals surface area contributed by atoms with Crippen LogP contribution < -0.4 is 11.1 Å². The zero-order chi connectivity index (χ0) is 14.1.